The van der Waals surface area contributed by atoms with Gasteiger partial charge in [-0.25, -0.2) is 4.98 Å². The van der Waals surface area contributed by atoms with E-state index in [1.165, 1.54) is 6.42 Å². The molecule has 2 unspecified atom stereocenters. The van der Waals surface area contributed by atoms with Gasteiger partial charge in [-0.15, -0.1) is 0 Å². The number of carbonyl (C=O) groups excluding carboxylic acids is 1. The minimum Gasteiger partial charge on any atom is -0.474 e. The Morgan fingerprint density at radius 1 is 1.57 bits per heavy atom. The summed E-state index contributed by atoms with van der Waals surface area (Å²) in [6.45, 7) is 4.24. The fraction of sp³-hybridized carbons (Fsp3) is 0.625. The van der Waals surface area contributed by atoms with Crippen molar-refractivity contribution in [3.63, 3.8) is 0 Å². The molecule has 5 nitrogen and oxygen atoms in total. The van der Waals surface area contributed by atoms with Gasteiger partial charge in [0.25, 0.3) is 5.91 Å². The van der Waals surface area contributed by atoms with E-state index >= 15 is 0 Å². The second-order valence-electron chi connectivity index (χ2n) is 5.72. The Labute approximate surface area is 125 Å². The maximum atomic E-state index is 12.1. The second-order valence-corrected chi connectivity index (χ2v) is 5.72. The number of rotatable bonds is 7. The molecule has 2 N–H and O–H groups in total. The molecule has 5 heteroatoms. The number of hydrogen-bond donors (Lipinski definition) is 2. The molecule has 0 bridgehead atoms. The summed E-state index contributed by atoms with van der Waals surface area (Å²) in [5, 5.41) is 12.6. The van der Waals surface area contributed by atoms with Crippen molar-refractivity contribution in [3.05, 3.63) is 23.9 Å². The maximum Gasteiger partial charge on any atom is 0.251 e. The van der Waals surface area contributed by atoms with Crippen LogP contribution in [0, 0.1) is 5.92 Å². The number of amides is 1. The molecule has 0 aromatic carbocycles. The quantitative estimate of drug-likeness (QED) is 0.808. The number of pyridine rings is 1. The van der Waals surface area contributed by atoms with E-state index in [9.17, 15) is 9.90 Å². The van der Waals surface area contributed by atoms with Crippen LogP contribution in [0.1, 0.15) is 49.9 Å². The maximum absolute atomic E-state index is 12.1. The molecule has 0 aliphatic heterocycles. The summed E-state index contributed by atoms with van der Waals surface area (Å²) in [6.07, 6.45) is 5.48. The van der Waals surface area contributed by atoms with Crippen LogP contribution in [0.3, 0.4) is 0 Å². The van der Waals surface area contributed by atoms with Gasteiger partial charge in [0.1, 0.15) is 6.10 Å². The Kier molecular flexibility index (Phi) is 5.56. The van der Waals surface area contributed by atoms with Crippen molar-refractivity contribution >= 4 is 5.91 Å². The molecule has 1 heterocycles. The van der Waals surface area contributed by atoms with Crippen molar-refractivity contribution in [2.24, 2.45) is 5.92 Å². The third-order valence-corrected chi connectivity index (χ3v) is 4.11. The summed E-state index contributed by atoms with van der Waals surface area (Å²) >= 11 is 0. The van der Waals surface area contributed by atoms with Gasteiger partial charge in [-0.3, -0.25) is 4.79 Å². The van der Waals surface area contributed by atoms with Crippen LogP contribution < -0.4 is 10.1 Å². The Bertz CT molecular complexity index is 474. The van der Waals surface area contributed by atoms with Crippen LogP contribution in [-0.4, -0.2) is 34.8 Å². The third kappa shape index (κ3) is 4.43. The number of hydrogen-bond acceptors (Lipinski definition) is 4. The molecule has 21 heavy (non-hydrogen) atoms. The highest BCUT2D eigenvalue weighted by Crippen LogP contribution is 2.24. The van der Waals surface area contributed by atoms with E-state index in [-0.39, 0.29) is 24.5 Å². The van der Waals surface area contributed by atoms with E-state index in [2.05, 4.69) is 10.3 Å². The number of aromatic nitrogens is 1. The van der Waals surface area contributed by atoms with Gasteiger partial charge < -0.3 is 15.2 Å². The average molecular weight is 292 g/mol. The van der Waals surface area contributed by atoms with Gasteiger partial charge >= 0.3 is 0 Å². The van der Waals surface area contributed by atoms with E-state index in [1.807, 2.05) is 13.8 Å². The van der Waals surface area contributed by atoms with E-state index in [4.69, 9.17) is 4.74 Å². The molecule has 2 atom stereocenters. The molecule has 1 amide bonds. The summed E-state index contributed by atoms with van der Waals surface area (Å²) in [5.74, 6) is 0.452. The fourth-order valence-electron chi connectivity index (χ4n) is 2.05. The lowest BCUT2D eigenvalue weighted by Crippen LogP contribution is -2.35. The third-order valence-electron chi connectivity index (χ3n) is 4.11. The molecule has 0 radical (unpaired) electrons. The smallest absolute Gasteiger partial charge is 0.251 e. The standard InChI is InChI=1S/C16H24N2O3/c1-3-11(2)14(19)10-18-16(20)12-7-8-17-15(9-12)21-13-5-4-6-13/h7-9,11,13-14,19H,3-6,10H2,1-2H3,(H,18,20). The van der Waals surface area contributed by atoms with Crippen molar-refractivity contribution < 1.29 is 14.6 Å². The Morgan fingerprint density at radius 3 is 2.95 bits per heavy atom. The molecule has 1 saturated carbocycles. The summed E-state index contributed by atoms with van der Waals surface area (Å²) in [4.78, 5) is 16.2. The number of aliphatic hydroxyl groups excluding tert-OH is 1. The molecule has 1 aromatic heterocycles. The molecule has 1 aliphatic rings. The van der Waals surface area contributed by atoms with Crippen molar-refractivity contribution in [3.8, 4) is 5.88 Å². The minimum absolute atomic E-state index is 0.167. The van der Waals surface area contributed by atoms with Crippen LogP contribution in [0.2, 0.25) is 0 Å². The normalized spacial score (nSPS) is 17.7. The summed E-state index contributed by atoms with van der Waals surface area (Å²) < 4.78 is 5.68. The largest absolute Gasteiger partial charge is 0.474 e. The van der Waals surface area contributed by atoms with Gasteiger partial charge in [0.2, 0.25) is 5.88 Å². The molecular weight excluding hydrogens is 268 g/mol. The second kappa shape index (κ2) is 7.41. The van der Waals surface area contributed by atoms with Crippen LogP contribution in [0.25, 0.3) is 0 Å². The number of nitrogens with zero attached hydrogens (tertiary/aromatic N) is 1. The zero-order valence-electron chi connectivity index (χ0n) is 12.7. The molecule has 1 fully saturated rings. The van der Waals surface area contributed by atoms with Gasteiger partial charge in [-0.2, -0.15) is 0 Å². The molecule has 2 rings (SSSR count). The molecule has 0 saturated heterocycles. The van der Waals surface area contributed by atoms with Crippen LogP contribution in [0.4, 0.5) is 0 Å². The Morgan fingerprint density at radius 2 is 2.33 bits per heavy atom. The highest BCUT2D eigenvalue weighted by Gasteiger charge is 2.20. The van der Waals surface area contributed by atoms with Crippen LogP contribution in [-0.2, 0) is 0 Å². The lowest BCUT2D eigenvalue weighted by Gasteiger charge is -2.25. The van der Waals surface area contributed by atoms with Gasteiger partial charge in [0, 0.05) is 24.4 Å². The van der Waals surface area contributed by atoms with Gasteiger partial charge in [0.15, 0.2) is 0 Å². The van der Waals surface area contributed by atoms with Gasteiger partial charge in [-0.1, -0.05) is 20.3 Å². The molecule has 1 aliphatic carbocycles. The SMILES string of the molecule is CCC(C)C(O)CNC(=O)c1ccnc(OC2CCC2)c1. The van der Waals surface area contributed by atoms with Crippen LogP contribution in [0.5, 0.6) is 5.88 Å². The van der Waals surface area contributed by atoms with E-state index < -0.39 is 6.10 Å². The first kappa shape index (κ1) is 15.8. The highest BCUT2D eigenvalue weighted by molar-refractivity contribution is 5.94. The average Bonchev–Trinajstić information content (AvgIpc) is 2.47. The van der Waals surface area contributed by atoms with Crippen molar-refractivity contribution in [1.29, 1.82) is 0 Å². The number of carbonyl (C=O) groups is 1. The number of nitrogens with one attached hydrogen (secondary N) is 1. The van der Waals surface area contributed by atoms with Gasteiger partial charge in [-0.05, 0) is 31.2 Å². The highest BCUT2D eigenvalue weighted by atomic mass is 16.5. The Hall–Kier alpha value is -1.62. The first-order chi connectivity index (χ1) is 10.1. The summed E-state index contributed by atoms with van der Waals surface area (Å²) in [6, 6.07) is 3.31. The molecule has 0 spiro atoms. The molecule has 1 aromatic rings. The zero-order chi connectivity index (χ0) is 15.2. The zero-order valence-corrected chi connectivity index (χ0v) is 12.7. The van der Waals surface area contributed by atoms with E-state index in [0.717, 1.165) is 19.3 Å². The van der Waals surface area contributed by atoms with Crippen LogP contribution >= 0.6 is 0 Å². The molecular formula is C16H24N2O3. The van der Waals surface area contributed by atoms with Crippen molar-refractivity contribution in [2.45, 2.75) is 51.7 Å². The first-order valence-corrected chi connectivity index (χ1v) is 7.69. The van der Waals surface area contributed by atoms with Crippen molar-refractivity contribution in [1.82, 2.24) is 10.3 Å². The topological polar surface area (TPSA) is 71.5 Å². The predicted molar refractivity (Wildman–Crippen MR) is 80.3 cm³/mol. The van der Waals surface area contributed by atoms with Crippen molar-refractivity contribution in [2.75, 3.05) is 6.54 Å². The van der Waals surface area contributed by atoms with Gasteiger partial charge in [0.05, 0.1) is 6.10 Å². The van der Waals surface area contributed by atoms with Crippen LogP contribution in [0.15, 0.2) is 18.3 Å². The predicted octanol–water partition coefficient (Wildman–Crippen LogP) is 2.15. The lowest BCUT2D eigenvalue weighted by molar-refractivity contribution is 0.0847. The van der Waals surface area contributed by atoms with E-state index in [0.29, 0.717) is 11.4 Å². The first-order valence-electron chi connectivity index (χ1n) is 7.69. The number of ether oxygens (including phenoxy) is 1. The summed E-state index contributed by atoms with van der Waals surface area (Å²) in [5.41, 5.74) is 0.510. The minimum atomic E-state index is -0.522. The monoisotopic (exact) mass is 292 g/mol. The number of aliphatic hydroxyl groups is 1. The lowest BCUT2D eigenvalue weighted by atomic mass is 9.96. The van der Waals surface area contributed by atoms with E-state index in [1.54, 1.807) is 18.3 Å². The molecule has 116 valence electrons. The Balaban J connectivity index is 1.88. The fourth-order valence-corrected chi connectivity index (χ4v) is 2.05. The summed E-state index contributed by atoms with van der Waals surface area (Å²) in [7, 11) is 0.